The molecule has 1 fully saturated rings. The number of urea groups is 1. The number of Topliss-reactive ketones (excluding diaryl/α,β-unsaturated/α-hetero) is 1. The number of ketones is 1. The molecule has 1 atom stereocenters. The van der Waals surface area contributed by atoms with Crippen molar-refractivity contribution in [2.45, 2.75) is 25.8 Å². The van der Waals surface area contributed by atoms with Gasteiger partial charge in [-0.1, -0.05) is 6.92 Å². The predicted octanol–water partition coefficient (Wildman–Crippen LogP) is 1.40. The number of amides is 2. The minimum atomic E-state index is -0.405. The molecule has 4 rings (SSSR count). The van der Waals surface area contributed by atoms with Crippen molar-refractivity contribution in [2.24, 2.45) is 7.05 Å². The molecule has 0 aliphatic carbocycles. The molecule has 140 valence electrons. The lowest BCUT2D eigenvalue weighted by molar-refractivity contribution is 0.0983. The number of carbonyl (C=O) groups is 2. The Labute approximate surface area is 155 Å². The van der Waals surface area contributed by atoms with Crippen molar-refractivity contribution in [3.05, 3.63) is 40.6 Å². The molecule has 2 amide bonds. The Morgan fingerprint density at radius 1 is 1.33 bits per heavy atom. The van der Waals surface area contributed by atoms with Crippen LogP contribution in [0.2, 0.25) is 0 Å². The molecule has 2 aliphatic heterocycles. The summed E-state index contributed by atoms with van der Waals surface area (Å²) >= 11 is 0. The van der Waals surface area contributed by atoms with E-state index in [1.807, 2.05) is 6.07 Å². The van der Waals surface area contributed by atoms with Crippen LogP contribution in [0.25, 0.3) is 0 Å². The zero-order chi connectivity index (χ0) is 19.1. The van der Waals surface area contributed by atoms with Gasteiger partial charge in [-0.05, 0) is 18.6 Å². The zero-order valence-electron chi connectivity index (χ0n) is 15.2. The molecule has 1 unspecified atom stereocenters. The predicted molar refractivity (Wildman–Crippen MR) is 100 cm³/mol. The van der Waals surface area contributed by atoms with E-state index >= 15 is 0 Å². The number of carbonyl (C=O) groups excluding carboxylic acids is 2. The zero-order valence-corrected chi connectivity index (χ0v) is 15.2. The number of hydrogen-bond acceptors (Lipinski definition) is 6. The van der Waals surface area contributed by atoms with Crippen LogP contribution in [0.3, 0.4) is 0 Å². The smallest absolute Gasteiger partial charge is 0.329 e. The summed E-state index contributed by atoms with van der Waals surface area (Å²) in [4.78, 5) is 49.2. The molecule has 1 N–H and O–H groups in total. The Kier molecular flexibility index (Phi) is 4.14. The molecule has 4 heterocycles. The fourth-order valence-corrected chi connectivity index (χ4v) is 3.51. The Morgan fingerprint density at radius 2 is 2.15 bits per heavy atom. The second-order valence-electron chi connectivity index (χ2n) is 6.73. The fourth-order valence-electron chi connectivity index (χ4n) is 3.51. The van der Waals surface area contributed by atoms with E-state index in [0.29, 0.717) is 24.5 Å². The van der Waals surface area contributed by atoms with Gasteiger partial charge < -0.3 is 9.47 Å². The number of pyridine rings is 1. The molecule has 9 heteroatoms. The van der Waals surface area contributed by atoms with E-state index in [2.05, 4.69) is 20.2 Å². The maximum Gasteiger partial charge on any atom is 0.329 e. The summed E-state index contributed by atoms with van der Waals surface area (Å²) < 4.78 is 1.32. The van der Waals surface area contributed by atoms with Gasteiger partial charge in [0, 0.05) is 32.6 Å². The summed E-state index contributed by atoms with van der Waals surface area (Å²) in [5, 5.41) is 2.69. The van der Waals surface area contributed by atoms with Gasteiger partial charge in [0.15, 0.2) is 11.6 Å². The minimum Gasteiger partial charge on any atom is -0.366 e. The van der Waals surface area contributed by atoms with Gasteiger partial charge in [-0.2, -0.15) is 0 Å². The molecule has 2 aromatic heterocycles. The highest BCUT2D eigenvalue weighted by atomic mass is 16.2. The molecule has 1 saturated heterocycles. The number of rotatable bonds is 3. The monoisotopic (exact) mass is 368 g/mol. The van der Waals surface area contributed by atoms with Crippen LogP contribution < -0.4 is 20.7 Å². The summed E-state index contributed by atoms with van der Waals surface area (Å²) in [6, 6.07) is 4.39. The Bertz CT molecular complexity index is 985. The highest BCUT2D eigenvalue weighted by Crippen LogP contribution is 2.39. The third kappa shape index (κ3) is 2.94. The number of aryl methyl sites for hydroxylation is 1. The number of nitrogens with zero attached hydrogens (tertiary/aromatic N) is 5. The topological polar surface area (TPSA) is 100 Å². The number of anilines is 3. The Hall–Kier alpha value is -3.23. The number of fused-ring (bicyclic) bond motifs is 4. The molecular weight excluding hydrogens is 348 g/mol. The van der Waals surface area contributed by atoms with Crippen molar-refractivity contribution in [3.63, 3.8) is 0 Å². The molecule has 27 heavy (non-hydrogen) atoms. The highest BCUT2D eigenvalue weighted by molar-refractivity contribution is 6.05. The van der Waals surface area contributed by atoms with Gasteiger partial charge in [0.25, 0.3) is 5.56 Å². The largest absolute Gasteiger partial charge is 0.366 e. The van der Waals surface area contributed by atoms with E-state index in [1.165, 1.54) is 17.0 Å². The van der Waals surface area contributed by atoms with Gasteiger partial charge >= 0.3 is 6.03 Å². The molecule has 2 bridgehead atoms. The first-order chi connectivity index (χ1) is 13.0. The van der Waals surface area contributed by atoms with Crippen LogP contribution in [-0.2, 0) is 7.05 Å². The van der Waals surface area contributed by atoms with Crippen LogP contribution in [0.5, 0.6) is 0 Å². The second-order valence-corrected chi connectivity index (χ2v) is 6.73. The van der Waals surface area contributed by atoms with Crippen molar-refractivity contribution in [2.75, 3.05) is 28.2 Å². The van der Waals surface area contributed by atoms with Gasteiger partial charge in [-0.15, -0.1) is 0 Å². The van der Waals surface area contributed by atoms with E-state index in [1.54, 1.807) is 24.9 Å². The molecule has 2 aliphatic rings. The highest BCUT2D eigenvalue weighted by Gasteiger charge is 2.40. The number of hydrogen-bond donors (Lipinski definition) is 1. The van der Waals surface area contributed by atoms with Crippen LogP contribution in [0.4, 0.5) is 22.1 Å². The van der Waals surface area contributed by atoms with Crippen LogP contribution in [0.1, 0.15) is 30.3 Å². The molecule has 0 spiro atoms. The lowest BCUT2D eigenvalue weighted by Gasteiger charge is -2.35. The van der Waals surface area contributed by atoms with E-state index in [9.17, 15) is 14.4 Å². The summed E-state index contributed by atoms with van der Waals surface area (Å²) in [5.74, 6) is 0.592. The summed E-state index contributed by atoms with van der Waals surface area (Å²) in [6.07, 6.45) is 2.52. The molecule has 2 aromatic rings. The van der Waals surface area contributed by atoms with Crippen LogP contribution in [0.15, 0.2) is 29.3 Å². The maximum absolute atomic E-state index is 13.0. The van der Waals surface area contributed by atoms with E-state index in [0.717, 1.165) is 18.7 Å². The van der Waals surface area contributed by atoms with Crippen molar-refractivity contribution < 1.29 is 9.59 Å². The summed E-state index contributed by atoms with van der Waals surface area (Å²) in [6.45, 7) is 3.32. The summed E-state index contributed by atoms with van der Waals surface area (Å²) in [7, 11) is 1.59. The van der Waals surface area contributed by atoms with Crippen LogP contribution in [0, 0.1) is 0 Å². The van der Waals surface area contributed by atoms with Crippen LogP contribution in [-0.4, -0.2) is 45.5 Å². The average molecular weight is 368 g/mol. The van der Waals surface area contributed by atoms with Gasteiger partial charge in [-0.25, -0.2) is 14.8 Å². The third-order valence-corrected chi connectivity index (χ3v) is 4.99. The van der Waals surface area contributed by atoms with Gasteiger partial charge in [0.2, 0.25) is 0 Å². The van der Waals surface area contributed by atoms with Gasteiger partial charge in [-0.3, -0.25) is 19.8 Å². The lowest BCUT2D eigenvalue weighted by Crippen LogP contribution is -2.48. The molecular formula is C18H20N6O3. The number of nitrogens with one attached hydrogen (secondary N) is 1. The van der Waals surface area contributed by atoms with Gasteiger partial charge in [0.1, 0.15) is 11.5 Å². The average Bonchev–Trinajstić information content (AvgIpc) is 3.08. The maximum atomic E-state index is 13.0. The molecule has 9 nitrogen and oxygen atoms in total. The van der Waals surface area contributed by atoms with E-state index < -0.39 is 6.03 Å². The molecule has 0 aromatic carbocycles. The van der Waals surface area contributed by atoms with Crippen molar-refractivity contribution >= 4 is 29.1 Å². The number of aromatic nitrogens is 3. The van der Waals surface area contributed by atoms with Crippen molar-refractivity contribution in [1.82, 2.24) is 14.5 Å². The Morgan fingerprint density at radius 3 is 2.89 bits per heavy atom. The summed E-state index contributed by atoms with van der Waals surface area (Å²) in [5.41, 5.74) is 0.923. The first kappa shape index (κ1) is 17.2. The fraction of sp³-hybridized carbons (Fsp3) is 0.389. The lowest BCUT2D eigenvalue weighted by atomic mass is 10.1. The SMILES string of the molecule is CCC(=O)c1ccc2c(n1)N(C(=O)Nc1cc(=O)n(C)cn1)C1CCN2C1. The second kappa shape index (κ2) is 6.49. The normalized spacial score (nSPS) is 17.6. The first-order valence-corrected chi connectivity index (χ1v) is 8.90. The quantitative estimate of drug-likeness (QED) is 0.822. The third-order valence-electron chi connectivity index (χ3n) is 4.99. The van der Waals surface area contributed by atoms with E-state index in [-0.39, 0.29) is 23.2 Å². The Balaban J connectivity index is 1.70. The van der Waals surface area contributed by atoms with Crippen LogP contribution >= 0.6 is 0 Å². The van der Waals surface area contributed by atoms with Crippen molar-refractivity contribution in [3.8, 4) is 0 Å². The molecule has 0 saturated carbocycles. The van der Waals surface area contributed by atoms with E-state index in [4.69, 9.17) is 0 Å². The molecule has 0 radical (unpaired) electrons. The minimum absolute atomic E-state index is 0.0384. The van der Waals surface area contributed by atoms with Crippen molar-refractivity contribution in [1.29, 1.82) is 0 Å². The standard InChI is InChI=1S/C18H20N6O3/c1-3-14(25)12-4-5-13-17(20-12)24(11-6-7-23(13)9-11)18(27)21-15-8-16(26)22(2)10-19-15/h4-5,8,10-11H,3,6-7,9H2,1-2H3,(H,21,27). The van der Waals surface area contributed by atoms with Gasteiger partial charge in [0.05, 0.1) is 18.1 Å². The first-order valence-electron chi connectivity index (χ1n) is 8.90.